The summed E-state index contributed by atoms with van der Waals surface area (Å²) in [6.07, 6.45) is 0.335. The second kappa shape index (κ2) is 12.3. The number of nitrogens with one attached hydrogen (secondary N) is 1. The second-order valence-electron chi connectivity index (χ2n) is 7.94. The molecule has 2 amide bonds. The van der Waals surface area contributed by atoms with Crippen LogP contribution in [0.5, 0.6) is 0 Å². The molecule has 0 unspecified atom stereocenters. The number of hydrogen-bond donors (Lipinski definition) is 1. The summed E-state index contributed by atoms with van der Waals surface area (Å²) in [6, 6.07) is 20.7. The molecular formula is C26H27Cl2N3O4S. The molecule has 190 valence electrons. The average Bonchev–Trinajstić information content (AvgIpc) is 2.89. The van der Waals surface area contributed by atoms with Gasteiger partial charge < -0.3 is 10.2 Å². The molecule has 3 rings (SSSR count). The number of halogens is 2. The van der Waals surface area contributed by atoms with E-state index in [-0.39, 0.29) is 33.1 Å². The first-order chi connectivity index (χ1) is 17.2. The molecule has 0 aliphatic rings. The van der Waals surface area contributed by atoms with Crippen molar-refractivity contribution in [3.8, 4) is 0 Å². The number of nitrogens with zero attached hydrogens (tertiary/aromatic N) is 2. The number of amides is 2. The zero-order valence-electron chi connectivity index (χ0n) is 19.9. The molecule has 1 atom stereocenters. The first kappa shape index (κ1) is 27.5. The predicted octanol–water partition coefficient (Wildman–Crippen LogP) is 4.74. The maximum Gasteiger partial charge on any atom is 0.264 e. The topological polar surface area (TPSA) is 86.8 Å². The maximum absolute atomic E-state index is 13.8. The van der Waals surface area contributed by atoms with Crippen LogP contribution in [0, 0.1) is 0 Å². The Morgan fingerprint density at radius 1 is 0.917 bits per heavy atom. The molecule has 0 bridgehead atoms. The Bertz CT molecular complexity index is 1310. The van der Waals surface area contributed by atoms with Gasteiger partial charge in [0.1, 0.15) is 12.6 Å². The summed E-state index contributed by atoms with van der Waals surface area (Å²) in [6.45, 7) is 1.32. The van der Waals surface area contributed by atoms with Crippen molar-refractivity contribution < 1.29 is 18.0 Å². The first-order valence-electron chi connectivity index (χ1n) is 11.3. The molecule has 0 spiro atoms. The fourth-order valence-corrected chi connectivity index (χ4v) is 5.68. The van der Waals surface area contributed by atoms with E-state index in [9.17, 15) is 18.0 Å². The van der Waals surface area contributed by atoms with Crippen LogP contribution >= 0.6 is 23.2 Å². The van der Waals surface area contributed by atoms with Gasteiger partial charge in [-0.3, -0.25) is 13.9 Å². The zero-order valence-corrected chi connectivity index (χ0v) is 22.2. The molecule has 3 aromatic carbocycles. The Labute approximate surface area is 221 Å². The number of rotatable bonds is 10. The number of likely N-dealkylation sites (N-methyl/N-ethyl adjacent to an activating group) is 1. The molecular weight excluding hydrogens is 521 g/mol. The van der Waals surface area contributed by atoms with E-state index < -0.39 is 28.5 Å². The molecule has 0 aromatic heterocycles. The lowest BCUT2D eigenvalue weighted by Crippen LogP contribution is -2.51. The van der Waals surface area contributed by atoms with Gasteiger partial charge in [-0.15, -0.1) is 0 Å². The van der Waals surface area contributed by atoms with Crippen LogP contribution < -0.4 is 9.62 Å². The van der Waals surface area contributed by atoms with Crippen molar-refractivity contribution in [1.82, 2.24) is 10.2 Å². The molecule has 36 heavy (non-hydrogen) atoms. The van der Waals surface area contributed by atoms with Crippen LogP contribution in [0.15, 0.2) is 83.8 Å². The predicted molar refractivity (Wildman–Crippen MR) is 143 cm³/mol. The van der Waals surface area contributed by atoms with Gasteiger partial charge in [0.25, 0.3) is 10.0 Å². The number of anilines is 1. The van der Waals surface area contributed by atoms with Crippen molar-refractivity contribution in [3.05, 3.63) is 94.5 Å². The van der Waals surface area contributed by atoms with Crippen molar-refractivity contribution in [2.45, 2.75) is 30.8 Å². The van der Waals surface area contributed by atoms with E-state index in [1.54, 1.807) is 31.2 Å². The van der Waals surface area contributed by atoms with E-state index in [2.05, 4.69) is 5.32 Å². The molecule has 0 heterocycles. The lowest BCUT2D eigenvalue weighted by Gasteiger charge is -2.33. The smallest absolute Gasteiger partial charge is 0.264 e. The van der Waals surface area contributed by atoms with Crippen molar-refractivity contribution in [3.63, 3.8) is 0 Å². The van der Waals surface area contributed by atoms with E-state index in [0.29, 0.717) is 6.42 Å². The molecule has 0 saturated carbocycles. The van der Waals surface area contributed by atoms with Crippen LogP contribution in [0.2, 0.25) is 10.0 Å². The van der Waals surface area contributed by atoms with Crippen molar-refractivity contribution >= 4 is 50.7 Å². The molecule has 3 aromatic rings. The lowest BCUT2D eigenvalue weighted by atomic mass is 10.1. The summed E-state index contributed by atoms with van der Waals surface area (Å²) in [5, 5.41) is 2.74. The summed E-state index contributed by atoms with van der Waals surface area (Å²) in [7, 11) is -2.72. The summed E-state index contributed by atoms with van der Waals surface area (Å²) in [5.41, 5.74) is 0.862. The van der Waals surface area contributed by atoms with Gasteiger partial charge in [0, 0.05) is 13.6 Å². The summed E-state index contributed by atoms with van der Waals surface area (Å²) >= 11 is 12.6. The van der Waals surface area contributed by atoms with Crippen molar-refractivity contribution in [2.24, 2.45) is 0 Å². The van der Waals surface area contributed by atoms with E-state index >= 15 is 0 Å². The number of sulfonamides is 1. The summed E-state index contributed by atoms with van der Waals surface area (Å²) in [4.78, 5) is 27.8. The van der Waals surface area contributed by atoms with Gasteiger partial charge in [-0.25, -0.2) is 8.42 Å². The van der Waals surface area contributed by atoms with Crippen LogP contribution in [-0.2, 0) is 26.2 Å². The Hall–Kier alpha value is -3.07. The van der Waals surface area contributed by atoms with E-state index in [0.717, 1.165) is 9.87 Å². The van der Waals surface area contributed by atoms with Crippen molar-refractivity contribution in [1.29, 1.82) is 0 Å². The summed E-state index contributed by atoms with van der Waals surface area (Å²) < 4.78 is 28.4. The largest absolute Gasteiger partial charge is 0.357 e. The van der Waals surface area contributed by atoms with Crippen LogP contribution in [0.3, 0.4) is 0 Å². The Kier molecular flexibility index (Phi) is 9.37. The van der Waals surface area contributed by atoms with Gasteiger partial charge >= 0.3 is 0 Å². The zero-order chi connectivity index (χ0) is 26.3. The quantitative estimate of drug-likeness (QED) is 0.397. The monoisotopic (exact) mass is 547 g/mol. The van der Waals surface area contributed by atoms with Crippen LogP contribution in [-0.4, -0.2) is 44.8 Å². The molecule has 0 saturated heterocycles. The molecule has 0 radical (unpaired) electrons. The normalized spacial score (nSPS) is 12.0. The third-order valence-corrected chi connectivity index (χ3v) is 8.22. The number of carbonyl (C=O) groups excluding carboxylic acids is 2. The van der Waals surface area contributed by atoms with Gasteiger partial charge in [-0.1, -0.05) is 84.7 Å². The van der Waals surface area contributed by atoms with Crippen LogP contribution in [0.1, 0.15) is 18.9 Å². The highest BCUT2D eigenvalue weighted by Crippen LogP contribution is 2.35. The average molecular weight is 548 g/mol. The van der Waals surface area contributed by atoms with Crippen LogP contribution in [0.25, 0.3) is 0 Å². The highest BCUT2D eigenvalue weighted by molar-refractivity contribution is 7.92. The first-order valence-corrected chi connectivity index (χ1v) is 13.5. The maximum atomic E-state index is 13.8. The van der Waals surface area contributed by atoms with Crippen LogP contribution in [0.4, 0.5) is 5.69 Å². The Morgan fingerprint density at radius 2 is 1.53 bits per heavy atom. The lowest BCUT2D eigenvalue weighted by molar-refractivity contribution is -0.140. The van der Waals surface area contributed by atoms with Gasteiger partial charge in [0.15, 0.2) is 0 Å². The van der Waals surface area contributed by atoms with Gasteiger partial charge in [0.05, 0.1) is 20.6 Å². The minimum Gasteiger partial charge on any atom is -0.357 e. The standard InChI is InChI=1S/C26H27Cl2N3O4S/c1-3-22(26(33)29-2)30(17-19-11-6-4-7-12-19)24(32)18-31(23-16-10-15-21(27)25(23)28)36(34,35)20-13-8-5-9-14-20/h4-16,22H,3,17-18H2,1-2H3,(H,29,33)/t22-/m0/s1. The third-order valence-electron chi connectivity index (χ3n) is 5.64. The van der Waals surface area contributed by atoms with Gasteiger partial charge in [-0.05, 0) is 36.2 Å². The van der Waals surface area contributed by atoms with E-state index in [4.69, 9.17) is 23.2 Å². The fourth-order valence-electron chi connectivity index (χ4n) is 3.78. The second-order valence-corrected chi connectivity index (χ2v) is 10.6. The molecule has 10 heteroatoms. The third kappa shape index (κ3) is 6.19. The van der Waals surface area contributed by atoms with Crippen molar-refractivity contribution in [2.75, 3.05) is 17.9 Å². The van der Waals surface area contributed by atoms with Gasteiger partial charge in [0.2, 0.25) is 11.8 Å². The number of benzene rings is 3. The van der Waals surface area contributed by atoms with E-state index in [1.807, 2.05) is 30.3 Å². The SMILES string of the molecule is CC[C@@H](C(=O)NC)N(Cc1ccccc1)C(=O)CN(c1cccc(Cl)c1Cl)S(=O)(=O)c1ccccc1. The number of carbonyl (C=O) groups is 2. The Balaban J connectivity index is 2.09. The molecule has 0 aliphatic heterocycles. The minimum atomic E-state index is -4.21. The Morgan fingerprint density at radius 3 is 2.11 bits per heavy atom. The minimum absolute atomic E-state index is 0.000532. The van der Waals surface area contributed by atoms with E-state index in [1.165, 1.54) is 36.2 Å². The summed E-state index contributed by atoms with van der Waals surface area (Å²) in [5.74, 6) is -0.912. The highest BCUT2D eigenvalue weighted by Gasteiger charge is 2.34. The fraction of sp³-hybridized carbons (Fsp3) is 0.231. The van der Waals surface area contributed by atoms with Gasteiger partial charge in [-0.2, -0.15) is 0 Å². The molecule has 0 fully saturated rings. The molecule has 7 nitrogen and oxygen atoms in total. The highest BCUT2D eigenvalue weighted by atomic mass is 35.5. The molecule has 0 aliphatic carbocycles. The molecule has 1 N–H and O–H groups in total. The number of hydrogen-bond acceptors (Lipinski definition) is 4.